The molecule has 0 aromatic heterocycles. The van der Waals surface area contributed by atoms with Crippen molar-refractivity contribution >= 4 is 17.7 Å². The fourth-order valence-corrected chi connectivity index (χ4v) is 1.89. The van der Waals surface area contributed by atoms with Crippen LogP contribution in [0.2, 0.25) is 0 Å². The molecule has 2 N–H and O–H groups in total. The summed E-state index contributed by atoms with van der Waals surface area (Å²) in [5.41, 5.74) is 1.90. The van der Waals surface area contributed by atoms with Gasteiger partial charge in [-0.3, -0.25) is 4.79 Å². The molecule has 0 heterocycles. The number of benzene rings is 1. The van der Waals surface area contributed by atoms with Crippen molar-refractivity contribution in [3.8, 4) is 0 Å². The van der Waals surface area contributed by atoms with Crippen LogP contribution in [0.3, 0.4) is 0 Å². The Morgan fingerprint density at radius 2 is 2.06 bits per heavy atom. The highest BCUT2D eigenvalue weighted by atomic mass is 32.2. The number of thioether (sulfide) groups is 1. The first-order valence-corrected chi connectivity index (χ1v) is 7.18. The summed E-state index contributed by atoms with van der Waals surface area (Å²) in [6.45, 7) is 1.61. The molecular weight excluding hydrogens is 232 g/mol. The Morgan fingerprint density at radius 1 is 1.29 bits per heavy atom. The van der Waals surface area contributed by atoms with Gasteiger partial charge in [0.15, 0.2) is 0 Å². The highest BCUT2D eigenvalue weighted by molar-refractivity contribution is 7.98. The number of carbonyl (C=O) groups excluding carboxylic acids is 1. The number of amides is 1. The number of rotatable bonds is 7. The zero-order valence-electron chi connectivity index (χ0n) is 10.5. The summed E-state index contributed by atoms with van der Waals surface area (Å²) in [6, 6.07) is 7.79. The molecule has 0 bridgehead atoms. The van der Waals surface area contributed by atoms with Crippen LogP contribution >= 0.6 is 11.8 Å². The molecule has 0 atom stereocenters. The minimum absolute atomic E-state index is 0.0331. The van der Waals surface area contributed by atoms with Crippen molar-refractivity contribution in [1.29, 1.82) is 0 Å². The van der Waals surface area contributed by atoms with E-state index in [-0.39, 0.29) is 5.91 Å². The molecule has 0 saturated carbocycles. The van der Waals surface area contributed by atoms with Crippen LogP contribution in [0.5, 0.6) is 0 Å². The van der Waals surface area contributed by atoms with Gasteiger partial charge in [-0.1, -0.05) is 18.2 Å². The maximum atomic E-state index is 12.0. The third kappa shape index (κ3) is 4.79. The minimum atomic E-state index is 0.0331. The highest BCUT2D eigenvalue weighted by Crippen LogP contribution is 2.09. The van der Waals surface area contributed by atoms with Crippen LogP contribution in [0.25, 0.3) is 0 Å². The first-order chi connectivity index (χ1) is 8.29. The number of hydrogen-bond donors (Lipinski definition) is 2. The lowest BCUT2D eigenvalue weighted by molar-refractivity contribution is 0.0955. The molecule has 17 heavy (non-hydrogen) atoms. The Hall–Kier alpha value is -1.00. The highest BCUT2D eigenvalue weighted by Gasteiger charge is 2.09. The van der Waals surface area contributed by atoms with Gasteiger partial charge in [0, 0.05) is 17.9 Å². The second kappa shape index (κ2) is 8.14. The molecule has 0 aliphatic carbocycles. The van der Waals surface area contributed by atoms with Gasteiger partial charge in [0.25, 0.3) is 5.91 Å². The lowest BCUT2D eigenvalue weighted by Crippen LogP contribution is -2.27. The minimum Gasteiger partial charge on any atom is -0.351 e. The van der Waals surface area contributed by atoms with Gasteiger partial charge < -0.3 is 10.6 Å². The van der Waals surface area contributed by atoms with E-state index in [1.54, 1.807) is 11.8 Å². The number of nitrogens with one attached hydrogen (secondary N) is 2. The van der Waals surface area contributed by atoms with Crippen molar-refractivity contribution in [2.24, 2.45) is 0 Å². The topological polar surface area (TPSA) is 41.1 Å². The number of likely N-dealkylation sites (N-methyl/N-ethyl adjacent to an activating group) is 1. The van der Waals surface area contributed by atoms with Gasteiger partial charge in [0.1, 0.15) is 0 Å². The Bertz CT molecular complexity index is 355. The molecule has 0 aliphatic rings. The van der Waals surface area contributed by atoms with Crippen LogP contribution in [0.15, 0.2) is 24.3 Å². The molecule has 0 spiro atoms. The average Bonchev–Trinajstić information content (AvgIpc) is 2.37. The molecule has 1 rings (SSSR count). The van der Waals surface area contributed by atoms with Crippen molar-refractivity contribution in [3.63, 3.8) is 0 Å². The van der Waals surface area contributed by atoms with Crippen LogP contribution in [-0.2, 0) is 6.42 Å². The maximum Gasteiger partial charge on any atom is 0.251 e. The largest absolute Gasteiger partial charge is 0.351 e. The summed E-state index contributed by atoms with van der Waals surface area (Å²) >= 11 is 1.73. The zero-order chi connectivity index (χ0) is 12.5. The summed E-state index contributed by atoms with van der Waals surface area (Å²) in [6.07, 6.45) is 2.91. The summed E-state index contributed by atoms with van der Waals surface area (Å²) in [4.78, 5) is 12.0. The smallest absolute Gasteiger partial charge is 0.251 e. The van der Waals surface area contributed by atoms with Crippen molar-refractivity contribution in [1.82, 2.24) is 10.6 Å². The van der Waals surface area contributed by atoms with Crippen LogP contribution in [0, 0.1) is 0 Å². The maximum absolute atomic E-state index is 12.0. The van der Waals surface area contributed by atoms with Crippen LogP contribution in [0.4, 0.5) is 0 Å². The number of carbonyl (C=O) groups is 1. The Balaban J connectivity index is 2.64. The van der Waals surface area contributed by atoms with E-state index in [9.17, 15) is 4.79 Å². The summed E-state index contributed by atoms with van der Waals surface area (Å²) in [5, 5.41) is 6.04. The summed E-state index contributed by atoms with van der Waals surface area (Å²) < 4.78 is 0. The van der Waals surface area contributed by atoms with Gasteiger partial charge in [-0.05, 0) is 37.9 Å². The van der Waals surface area contributed by atoms with E-state index in [0.717, 1.165) is 36.4 Å². The quantitative estimate of drug-likeness (QED) is 0.723. The fourth-order valence-electron chi connectivity index (χ4n) is 1.58. The molecule has 0 radical (unpaired) electrons. The zero-order valence-corrected chi connectivity index (χ0v) is 11.3. The van der Waals surface area contributed by atoms with E-state index in [1.165, 1.54) is 0 Å². The SMILES string of the molecule is CNCCc1ccccc1C(=O)NCCSC. The molecule has 3 nitrogen and oxygen atoms in total. The van der Waals surface area contributed by atoms with Crippen LogP contribution < -0.4 is 10.6 Å². The molecule has 0 aliphatic heterocycles. The van der Waals surface area contributed by atoms with Gasteiger partial charge in [-0.15, -0.1) is 0 Å². The van der Waals surface area contributed by atoms with Gasteiger partial charge in [0.05, 0.1) is 0 Å². The van der Waals surface area contributed by atoms with Crippen LogP contribution in [-0.4, -0.2) is 38.1 Å². The van der Waals surface area contributed by atoms with E-state index in [2.05, 4.69) is 10.6 Å². The van der Waals surface area contributed by atoms with E-state index in [0.29, 0.717) is 0 Å². The van der Waals surface area contributed by atoms with E-state index >= 15 is 0 Å². The van der Waals surface area contributed by atoms with E-state index in [4.69, 9.17) is 0 Å². The van der Waals surface area contributed by atoms with Gasteiger partial charge in [-0.2, -0.15) is 11.8 Å². The van der Waals surface area contributed by atoms with Gasteiger partial charge in [-0.25, -0.2) is 0 Å². The predicted octanol–water partition coefficient (Wildman–Crippen LogP) is 1.54. The van der Waals surface area contributed by atoms with E-state index in [1.807, 2.05) is 37.6 Å². The number of hydrogen-bond acceptors (Lipinski definition) is 3. The van der Waals surface area contributed by atoms with Gasteiger partial charge >= 0.3 is 0 Å². The molecule has 94 valence electrons. The summed E-state index contributed by atoms with van der Waals surface area (Å²) in [5.74, 6) is 0.982. The van der Waals surface area contributed by atoms with Gasteiger partial charge in [0.2, 0.25) is 0 Å². The van der Waals surface area contributed by atoms with Crippen molar-refractivity contribution in [3.05, 3.63) is 35.4 Å². The average molecular weight is 252 g/mol. The lowest BCUT2D eigenvalue weighted by Gasteiger charge is -2.09. The monoisotopic (exact) mass is 252 g/mol. The van der Waals surface area contributed by atoms with E-state index < -0.39 is 0 Å². The first kappa shape index (κ1) is 14.1. The molecule has 1 amide bonds. The molecule has 1 aromatic carbocycles. The molecule has 1 aromatic rings. The molecular formula is C13H20N2OS. The summed E-state index contributed by atoms with van der Waals surface area (Å²) in [7, 11) is 1.92. The normalized spacial score (nSPS) is 10.2. The predicted molar refractivity (Wildman–Crippen MR) is 74.8 cm³/mol. The third-order valence-electron chi connectivity index (χ3n) is 2.50. The molecule has 4 heteroatoms. The Labute approximate surface area is 107 Å². The van der Waals surface area contributed by atoms with Crippen LogP contribution in [0.1, 0.15) is 15.9 Å². The standard InChI is InChI=1S/C13H20N2OS/c1-14-8-7-11-5-3-4-6-12(11)13(16)15-9-10-17-2/h3-6,14H,7-10H2,1-2H3,(H,15,16). The molecule has 0 fully saturated rings. The molecule has 0 unspecified atom stereocenters. The Morgan fingerprint density at radius 3 is 2.76 bits per heavy atom. The molecule has 0 saturated heterocycles. The van der Waals surface area contributed by atoms with Crippen molar-refractivity contribution < 1.29 is 4.79 Å². The second-order valence-corrected chi connectivity index (χ2v) is 4.74. The second-order valence-electron chi connectivity index (χ2n) is 3.76. The fraction of sp³-hybridized carbons (Fsp3) is 0.462. The van der Waals surface area contributed by atoms with Crippen molar-refractivity contribution in [2.45, 2.75) is 6.42 Å². The Kier molecular flexibility index (Phi) is 6.74. The van der Waals surface area contributed by atoms with Crippen molar-refractivity contribution in [2.75, 3.05) is 32.1 Å². The first-order valence-electron chi connectivity index (χ1n) is 5.79. The lowest BCUT2D eigenvalue weighted by atomic mass is 10.0. The third-order valence-corrected chi connectivity index (χ3v) is 3.11.